The van der Waals surface area contributed by atoms with Crippen LogP contribution in [0.2, 0.25) is 0 Å². The molecule has 0 aromatic heterocycles. The molecule has 2 N–H and O–H groups in total. The van der Waals surface area contributed by atoms with Crippen molar-refractivity contribution in [1.29, 1.82) is 0 Å². The smallest absolute Gasteiger partial charge is 0.234 e. The van der Waals surface area contributed by atoms with Crippen LogP contribution in [0.3, 0.4) is 0 Å². The molecule has 158 valence electrons. The fraction of sp³-hybridized carbons (Fsp3) is 0.360. The molecule has 0 atom stereocenters. The van der Waals surface area contributed by atoms with Gasteiger partial charge in [0.15, 0.2) is 5.78 Å². The molecule has 2 aromatic rings. The Kier molecular flexibility index (Phi) is 5.87. The summed E-state index contributed by atoms with van der Waals surface area (Å²) in [4.78, 5) is 25.2. The Morgan fingerprint density at radius 3 is 2.20 bits per heavy atom. The monoisotopic (exact) mass is 423 g/mol. The van der Waals surface area contributed by atoms with Crippen molar-refractivity contribution in [3.05, 3.63) is 58.7 Å². The molecular formula is C25H29NO3S. The van der Waals surface area contributed by atoms with Crippen molar-refractivity contribution in [2.75, 3.05) is 11.1 Å². The number of carbonyl (C=O) groups is 2. The van der Waals surface area contributed by atoms with Gasteiger partial charge < -0.3 is 10.4 Å². The van der Waals surface area contributed by atoms with Crippen LogP contribution in [0.25, 0.3) is 6.08 Å². The molecule has 0 radical (unpaired) electrons. The van der Waals surface area contributed by atoms with Gasteiger partial charge in [0.25, 0.3) is 0 Å². The number of carbonyl (C=O) groups excluding carboxylic acids is 2. The summed E-state index contributed by atoms with van der Waals surface area (Å²) in [6.07, 6.45) is 3.37. The van der Waals surface area contributed by atoms with Crippen molar-refractivity contribution < 1.29 is 14.7 Å². The van der Waals surface area contributed by atoms with Crippen LogP contribution in [-0.2, 0) is 15.6 Å². The van der Waals surface area contributed by atoms with Crippen molar-refractivity contribution in [1.82, 2.24) is 0 Å². The SMILES string of the molecule is CC(C)(C)c1cc(C=CC(=O)c2ccc3c(c2)SCC(=O)N3)cc(C(C)(C)C)c1O. The molecule has 0 spiro atoms. The van der Waals surface area contributed by atoms with Crippen molar-refractivity contribution in [3.8, 4) is 5.75 Å². The quantitative estimate of drug-likeness (QED) is 0.474. The average molecular weight is 424 g/mol. The van der Waals surface area contributed by atoms with E-state index in [0.717, 1.165) is 27.3 Å². The molecule has 0 saturated heterocycles. The number of amides is 1. The Labute approximate surface area is 182 Å². The summed E-state index contributed by atoms with van der Waals surface area (Å²) < 4.78 is 0. The number of hydrogen-bond donors (Lipinski definition) is 2. The molecule has 0 bridgehead atoms. The van der Waals surface area contributed by atoms with Crippen LogP contribution in [-0.4, -0.2) is 22.5 Å². The number of nitrogens with one attached hydrogen (secondary N) is 1. The van der Waals surface area contributed by atoms with E-state index >= 15 is 0 Å². The summed E-state index contributed by atoms with van der Waals surface area (Å²) in [5.74, 6) is 0.562. The molecular weight excluding hydrogens is 394 g/mol. The number of phenolic OH excluding ortho intramolecular Hbond substituents is 1. The highest BCUT2D eigenvalue weighted by molar-refractivity contribution is 8.00. The zero-order valence-corrected chi connectivity index (χ0v) is 19.2. The molecule has 5 heteroatoms. The van der Waals surface area contributed by atoms with Gasteiger partial charge >= 0.3 is 0 Å². The molecule has 3 rings (SSSR count). The normalized spacial score (nSPS) is 14.5. The summed E-state index contributed by atoms with van der Waals surface area (Å²) in [6.45, 7) is 12.4. The standard InChI is InChI=1S/C25H29NO3S/c1-24(2,3)17-11-15(12-18(23(17)29)25(4,5)6)7-10-20(27)16-8-9-19-21(13-16)30-14-22(28)26-19/h7-13,29H,14H2,1-6H3,(H,26,28). The topological polar surface area (TPSA) is 66.4 Å². The molecule has 1 aliphatic rings. The van der Waals surface area contributed by atoms with E-state index in [4.69, 9.17) is 0 Å². The maximum absolute atomic E-state index is 12.8. The number of thioether (sulfide) groups is 1. The molecule has 0 aliphatic carbocycles. The summed E-state index contributed by atoms with van der Waals surface area (Å²) in [6, 6.07) is 9.23. The predicted octanol–water partition coefficient (Wildman–Crippen LogP) is 5.93. The van der Waals surface area contributed by atoms with Crippen LogP contribution in [0, 0.1) is 0 Å². The third-order valence-electron chi connectivity index (χ3n) is 5.07. The highest BCUT2D eigenvalue weighted by atomic mass is 32.2. The van der Waals surface area contributed by atoms with E-state index in [2.05, 4.69) is 46.9 Å². The van der Waals surface area contributed by atoms with Gasteiger partial charge in [0.05, 0.1) is 11.4 Å². The molecule has 1 heterocycles. The molecule has 0 saturated carbocycles. The second-order valence-corrected chi connectivity index (χ2v) is 10.7. The van der Waals surface area contributed by atoms with Crippen LogP contribution in [0.4, 0.5) is 5.69 Å². The van der Waals surface area contributed by atoms with Gasteiger partial charge in [-0.25, -0.2) is 0 Å². The van der Waals surface area contributed by atoms with Crippen LogP contribution in [0.1, 0.15) is 68.6 Å². The molecule has 4 nitrogen and oxygen atoms in total. The van der Waals surface area contributed by atoms with E-state index in [0.29, 0.717) is 17.1 Å². The van der Waals surface area contributed by atoms with E-state index < -0.39 is 0 Å². The van der Waals surface area contributed by atoms with Crippen LogP contribution in [0.5, 0.6) is 5.75 Å². The first kappa shape index (κ1) is 22.2. The van der Waals surface area contributed by atoms with E-state index in [1.807, 2.05) is 18.2 Å². The molecule has 0 fully saturated rings. The number of rotatable bonds is 3. The van der Waals surface area contributed by atoms with E-state index in [9.17, 15) is 14.7 Å². The number of aromatic hydroxyl groups is 1. The highest BCUT2D eigenvalue weighted by Crippen LogP contribution is 2.40. The molecule has 2 aromatic carbocycles. The minimum absolute atomic E-state index is 0.0249. The number of allylic oxidation sites excluding steroid dienone is 1. The minimum atomic E-state index is -0.224. The minimum Gasteiger partial charge on any atom is -0.507 e. The molecule has 30 heavy (non-hydrogen) atoms. The van der Waals surface area contributed by atoms with Crippen molar-refractivity contribution in [2.45, 2.75) is 57.3 Å². The number of phenols is 1. The van der Waals surface area contributed by atoms with Gasteiger partial charge in [-0.05, 0) is 52.8 Å². The number of fused-ring (bicyclic) bond motifs is 1. The van der Waals surface area contributed by atoms with Crippen LogP contribution < -0.4 is 5.32 Å². The highest BCUT2D eigenvalue weighted by Gasteiger charge is 2.26. The van der Waals surface area contributed by atoms with Gasteiger partial charge in [-0.1, -0.05) is 47.6 Å². The number of hydrogen-bond acceptors (Lipinski definition) is 4. The van der Waals surface area contributed by atoms with Gasteiger partial charge in [0, 0.05) is 21.6 Å². The van der Waals surface area contributed by atoms with E-state index in [1.54, 1.807) is 24.3 Å². The fourth-order valence-electron chi connectivity index (χ4n) is 3.39. The lowest BCUT2D eigenvalue weighted by Crippen LogP contribution is -2.18. The van der Waals surface area contributed by atoms with Crippen LogP contribution >= 0.6 is 11.8 Å². The van der Waals surface area contributed by atoms with Gasteiger partial charge in [0.1, 0.15) is 5.75 Å². The third-order valence-corrected chi connectivity index (χ3v) is 6.13. The zero-order valence-electron chi connectivity index (χ0n) is 18.4. The Morgan fingerprint density at radius 2 is 1.63 bits per heavy atom. The summed E-state index contributed by atoms with van der Waals surface area (Å²) in [5.41, 5.74) is 3.50. The summed E-state index contributed by atoms with van der Waals surface area (Å²) >= 11 is 1.44. The first-order valence-electron chi connectivity index (χ1n) is 10.0. The average Bonchev–Trinajstić information content (AvgIpc) is 2.64. The fourth-order valence-corrected chi connectivity index (χ4v) is 4.24. The lowest BCUT2D eigenvalue weighted by Gasteiger charge is -2.27. The van der Waals surface area contributed by atoms with Gasteiger partial charge in [-0.15, -0.1) is 11.8 Å². The van der Waals surface area contributed by atoms with Gasteiger partial charge in [-0.2, -0.15) is 0 Å². The van der Waals surface area contributed by atoms with Gasteiger partial charge in [-0.3, -0.25) is 9.59 Å². The Morgan fingerprint density at radius 1 is 1.03 bits per heavy atom. The summed E-state index contributed by atoms with van der Waals surface area (Å²) in [5, 5.41) is 13.7. The van der Waals surface area contributed by atoms with Crippen molar-refractivity contribution in [2.24, 2.45) is 0 Å². The van der Waals surface area contributed by atoms with Crippen LogP contribution in [0.15, 0.2) is 41.3 Å². The second-order valence-electron chi connectivity index (χ2n) is 9.71. The van der Waals surface area contributed by atoms with E-state index in [-0.39, 0.29) is 22.5 Å². The third kappa shape index (κ3) is 4.78. The lowest BCUT2D eigenvalue weighted by atomic mass is 9.78. The second kappa shape index (κ2) is 7.95. The van der Waals surface area contributed by atoms with Gasteiger partial charge in [0.2, 0.25) is 5.91 Å². The van der Waals surface area contributed by atoms with Crippen molar-refractivity contribution in [3.63, 3.8) is 0 Å². The first-order valence-corrected chi connectivity index (χ1v) is 11.0. The Bertz CT molecular complexity index is 1000. The molecule has 0 unspecified atom stereocenters. The maximum atomic E-state index is 12.8. The number of anilines is 1. The zero-order chi connectivity index (χ0) is 22.3. The van der Waals surface area contributed by atoms with E-state index in [1.165, 1.54) is 11.8 Å². The largest absolute Gasteiger partial charge is 0.507 e. The predicted molar refractivity (Wildman–Crippen MR) is 125 cm³/mol. The molecule has 1 amide bonds. The number of benzene rings is 2. The maximum Gasteiger partial charge on any atom is 0.234 e. The first-order chi connectivity index (χ1) is 13.9. The van der Waals surface area contributed by atoms with Crippen molar-refractivity contribution >= 4 is 35.2 Å². The Hall–Kier alpha value is -2.53. The molecule has 1 aliphatic heterocycles. The number of ketones is 1. The lowest BCUT2D eigenvalue weighted by molar-refractivity contribution is -0.113. The summed E-state index contributed by atoms with van der Waals surface area (Å²) in [7, 11) is 0. The Balaban J connectivity index is 1.94.